The molecule has 0 aliphatic carbocycles. The number of aromatic nitrogens is 1. The van der Waals surface area contributed by atoms with Crippen molar-refractivity contribution in [3.8, 4) is 6.07 Å². The lowest BCUT2D eigenvalue weighted by molar-refractivity contribution is 0.516. The van der Waals surface area contributed by atoms with Crippen LogP contribution in [0.2, 0.25) is 0 Å². The Balaban J connectivity index is 2.04. The van der Waals surface area contributed by atoms with Gasteiger partial charge in [0.15, 0.2) is 0 Å². The predicted octanol–water partition coefficient (Wildman–Crippen LogP) is 3.39. The number of thiazole rings is 1. The summed E-state index contributed by atoms with van der Waals surface area (Å²) in [7, 11) is 0. The largest absolute Gasteiger partial charge is 0.304 e. The van der Waals surface area contributed by atoms with Gasteiger partial charge < -0.3 is 5.32 Å². The third-order valence-electron chi connectivity index (χ3n) is 2.86. The van der Waals surface area contributed by atoms with Crippen molar-refractivity contribution < 1.29 is 4.39 Å². The van der Waals surface area contributed by atoms with Gasteiger partial charge in [0, 0.05) is 18.1 Å². The second kappa shape index (κ2) is 6.41. The summed E-state index contributed by atoms with van der Waals surface area (Å²) >= 11 is 1.61. The Hall–Kier alpha value is -1.77. The molecule has 1 heterocycles. The fraction of sp³-hybridized carbons (Fsp3) is 0.286. The average molecular weight is 275 g/mol. The number of benzene rings is 1. The Bertz CT molecular complexity index is 575. The lowest BCUT2D eigenvalue weighted by Crippen LogP contribution is -2.20. The van der Waals surface area contributed by atoms with E-state index in [0.29, 0.717) is 6.54 Å². The number of rotatable bonds is 5. The van der Waals surface area contributed by atoms with Crippen LogP contribution >= 0.6 is 11.3 Å². The second-order valence-electron chi connectivity index (χ2n) is 4.14. The molecule has 0 saturated carbocycles. The van der Waals surface area contributed by atoms with E-state index in [1.165, 1.54) is 6.07 Å². The summed E-state index contributed by atoms with van der Waals surface area (Å²) in [5, 5.41) is 15.2. The van der Waals surface area contributed by atoms with Crippen LogP contribution in [0.1, 0.15) is 35.5 Å². The van der Waals surface area contributed by atoms with Gasteiger partial charge in [-0.15, -0.1) is 11.3 Å². The first-order chi connectivity index (χ1) is 9.24. The highest BCUT2D eigenvalue weighted by Gasteiger charge is 2.11. The normalized spacial score (nSPS) is 12.1. The van der Waals surface area contributed by atoms with Gasteiger partial charge in [-0.3, -0.25) is 0 Å². The van der Waals surface area contributed by atoms with E-state index in [-0.39, 0.29) is 11.6 Å². The van der Waals surface area contributed by atoms with Crippen LogP contribution in [-0.4, -0.2) is 4.98 Å². The Morgan fingerprint density at radius 3 is 3.00 bits per heavy atom. The molecule has 5 heteroatoms. The van der Waals surface area contributed by atoms with Crippen LogP contribution in [-0.2, 0) is 6.54 Å². The van der Waals surface area contributed by atoms with Crippen LogP contribution in [0.15, 0.2) is 29.8 Å². The molecule has 3 nitrogen and oxygen atoms in total. The van der Waals surface area contributed by atoms with E-state index in [1.54, 1.807) is 29.7 Å². The lowest BCUT2D eigenvalue weighted by atomic mass is 10.1. The maximum absolute atomic E-state index is 13.2. The van der Waals surface area contributed by atoms with Gasteiger partial charge >= 0.3 is 0 Å². The van der Waals surface area contributed by atoms with Crippen LogP contribution in [0.5, 0.6) is 0 Å². The van der Waals surface area contributed by atoms with E-state index >= 15 is 0 Å². The second-order valence-corrected chi connectivity index (χ2v) is 5.06. The van der Waals surface area contributed by atoms with Crippen molar-refractivity contribution in [2.75, 3.05) is 0 Å². The summed E-state index contributed by atoms with van der Waals surface area (Å²) in [6.07, 6.45) is 2.72. The van der Waals surface area contributed by atoms with Gasteiger partial charge in [-0.05, 0) is 24.1 Å². The molecule has 1 unspecified atom stereocenters. The van der Waals surface area contributed by atoms with E-state index in [1.807, 2.05) is 11.4 Å². The Morgan fingerprint density at radius 1 is 1.53 bits per heavy atom. The summed E-state index contributed by atoms with van der Waals surface area (Å²) < 4.78 is 13.2. The minimum atomic E-state index is -0.474. The molecule has 1 atom stereocenters. The predicted molar refractivity (Wildman–Crippen MR) is 73.1 cm³/mol. The van der Waals surface area contributed by atoms with Crippen molar-refractivity contribution in [3.05, 3.63) is 51.7 Å². The van der Waals surface area contributed by atoms with Crippen molar-refractivity contribution in [3.63, 3.8) is 0 Å². The first kappa shape index (κ1) is 13.7. The summed E-state index contributed by atoms with van der Waals surface area (Å²) in [5.74, 6) is -0.474. The van der Waals surface area contributed by atoms with E-state index in [4.69, 9.17) is 5.26 Å². The smallest absolute Gasteiger partial charge is 0.140 e. The molecule has 0 aliphatic rings. The quantitative estimate of drug-likeness (QED) is 0.909. The van der Waals surface area contributed by atoms with Crippen LogP contribution in [0.25, 0.3) is 0 Å². The van der Waals surface area contributed by atoms with Crippen molar-refractivity contribution in [1.29, 1.82) is 5.26 Å². The number of hydrogen-bond acceptors (Lipinski definition) is 4. The molecule has 0 radical (unpaired) electrons. The molecule has 1 N–H and O–H groups in total. The number of hydrogen-bond donors (Lipinski definition) is 1. The molecule has 2 aromatic rings. The molecule has 0 spiro atoms. The zero-order chi connectivity index (χ0) is 13.7. The van der Waals surface area contributed by atoms with Gasteiger partial charge in [0.2, 0.25) is 0 Å². The number of nitriles is 1. The molecule has 19 heavy (non-hydrogen) atoms. The van der Waals surface area contributed by atoms with E-state index in [9.17, 15) is 4.39 Å². The zero-order valence-corrected chi connectivity index (χ0v) is 11.4. The third kappa shape index (κ3) is 3.37. The fourth-order valence-corrected chi connectivity index (χ4v) is 2.62. The molecule has 0 saturated heterocycles. The summed E-state index contributed by atoms with van der Waals surface area (Å²) in [6, 6.07) is 6.65. The van der Waals surface area contributed by atoms with Gasteiger partial charge in [0.05, 0.1) is 11.6 Å². The minimum Gasteiger partial charge on any atom is -0.304 e. The highest BCUT2D eigenvalue weighted by atomic mass is 32.1. The molecule has 2 rings (SSSR count). The summed E-state index contributed by atoms with van der Waals surface area (Å²) in [5.41, 5.74) is 0.981. The van der Waals surface area contributed by atoms with Gasteiger partial charge in [-0.25, -0.2) is 9.37 Å². The SMILES string of the molecule is CCC(NCc1ccc(F)c(C#N)c1)c1nccs1. The third-order valence-corrected chi connectivity index (χ3v) is 3.75. The molecule has 0 bridgehead atoms. The Morgan fingerprint density at radius 2 is 2.37 bits per heavy atom. The lowest BCUT2D eigenvalue weighted by Gasteiger charge is -2.14. The topological polar surface area (TPSA) is 48.7 Å². The molecule has 1 aromatic carbocycles. The van der Waals surface area contributed by atoms with E-state index in [0.717, 1.165) is 17.0 Å². The van der Waals surface area contributed by atoms with Gasteiger partial charge in [0.1, 0.15) is 16.9 Å². The standard InChI is InChI=1S/C14H14FN3S/c1-2-13(14-17-5-6-19-14)18-9-10-3-4-12(15)11(7-10)8-16/h3-7,13,18H,2,9H2,1H3. The van der Waals surface area contributed by atoms with Crippen LogP contribution in [0.3, 0.4) is 0 Å². The highest BCUT2D eigenvalue weighted by Crippen LogP contribution is 2.19. The van der Waals surface area contributed by atoms with Crippen LogP contribution in [0.4, 0.5) is 4.39 Å². The highest BCUT2D eigenvalue weighted by molar-refractivity contribution is 7.09. The van der Waals surface area contributed by atoms with E-state index < -0.39 is 5.82 Å². The van der Waals surface area contributed by atoms with Crippen LogP contribution < -0.4 is 5.32 Å². The molecule has 0 amide bonds. The summed E-state index contributed by atoms with van der Waals surface area (Å²) in [6.45, 7) is 2.68. The van der Waals surface area contributed by atoms with Gasteiger partial charge in [-0.2, -0.15) is 5.26 Å². The first-order valence-electron chi connectivity index (χ1n) is 6.06. The molecule has 1 aromatic heterocycles. The molecule has 0 fully saturated rings. The zero-order valence-electron chi connectivity index (χ0n) is 10.6. The Labute approximate surface area is 115 Å². The van der Waals surface area contributed by atoms with Gasteiger partial charge in [-0.1, -0.05) is 13.0 Å². The van der Waals surface area contributed by atoms with Crippen molar-refractivity contribution in [1.82, 2.24) is 10.3 Å². The molecular formula is C14H14FN3S. The Kier molecular flexibility index (Phi) is 4.61. The summed E-state index contributed by atoms with van der Waals surface area (Å²) in [4.78, 5) is 4.29. The number of nitrogens with one attached hydrogen (secondary N) is 1. The maximum Gasteiger partial charge on any atom is 0.140 e. The minimum absolute atomic E-state index is 0.0848. The van der Waals surface area contributed by atoms with Gasteiger partial charge in [0.25, 0.3) is 0 Å². The van der Waals surface area contributed by atoms with Crippen molar-refractivity contribution >= 4 is 11.3 Å². The van der Waals surface area contributed by atoms with Crippen molar-refractivity contribution in [2.45, 2.75) is 25.9 Å². The first-order valence-corrected chi connectivity index (χ1v) is 6.94. The fourth-order valence-electron chi connectivity index (χ4n) is 1.82. The van der Waals surface area contributed by atoms with Crippen LogP contribution in [0, 0.1) is 17.1 Å². The average Bonchev–Trinajstić information content (AvgIpc) is 2.95. The number of halogens is 1. The monoisotopic (exact) mass is 275 g/mol. The number of nitrogens with zero attached hydrogens (tertiary/aromatic N) is 2. The van der Waals surface area contributed by atoms with Crippen molar-refractivity contribution in [2.24, 2.45) is 0 Å². The molecule has 0 aliphatic heterocycles. The van der Waals surface area contributed by atoms with E-state index in [2.05, 4.69) is 17.2 Å². The molecular weight excluding hydrogens is 261 g/mol. The molecule has 98 valence electrons. The maximum atomic E-state index is 13.2.